The fourth-order valence-electron chi connectivity index (χ4n) is 1.68. The fourth-order valence-corrected chi connectivity index (χ4v) is 2.62. The molecule has 0 radical (unpaired) electrons. The zero-order valence-electron chi connectivity index (χ0n) is 10.5. The molecule has 0 fully saturated rings. The summed E-state index contributed by atoms with van der Waals surface area (Å²) in [4.78, 5) is 0. The molecule has 2 aromatic rings. The largest absolute Gasteiger partial charge is 0.496 e. The number of rotatable bonds is 5. The van der Waals surface area contributed by atoms with Crippen molar-refractivity contribution >= 4 is 31.9 Å². The zero-order valence-corrected chi connectivity index (χ0v) is 13.7. The van der Waals surface area contributed by atoms with Crippen LogP contribution in [0.2, 0.25) is 0 Å². The summed E-state index contributed by atoms with van der Waals surface area (Å²) in [6.07, 6.45) is 0. The summed E-state index contributed by atoms with van der Waals surface area (Å²) in [5, 5.41) is 0.832. The Labute approximate surface area is 130 Å². The summed E-state index contributed by atoms with van der Waals surface area (Å²) in [5.74, 6) is 1.70. The van der Waals surface area contributed by atoms with Crippen LogP contribution in [0.1, 0.15) is 11.1 Å². The third kappa shape index (κ3) is 3.98. The van der Waals surface area contributed by atoms with Crippen molar-refractivity contribution in [3.63, 3.8) is 0 Å². The number of methoxy groups -OCH3 is 1. The van der Waals surface area contributed by atoms with Crippen molar-refractivity contribution in [2.45, 2.75) is 11.9 Å². The lowest BCUT2D eigenvalue weighted by molar-refractivity contribution is 0.305. The molecule has 100 valence electrons. The average molecular weight is 386 g/mol. The summed E-state index contributed by atoms with van der Waals surface area (Å²) >= 11 is 6.91. The van der Waals surface area contributed by atoms with Crippen LogP contribution in [0.3, 0.4) is 0 Å². The molecule has 0 aliphatic rings. The van der Waals surface area contributed by atoms with Gasteiger partial charge in [0, 0.05) is 5.33 Å². The van der Waals surface area contributed by atoms with E-state index in [4.69, 9.17) is 9.47 Å². The highest BCUT2D eigenvalue weighted by Crippen LogP contribution is 2.26. The van der Waals surface area contributed by atoms with Crippen LogP contribution in [0, 0.1) is 0 Å². The Balaban J connectivity index is 2.03. The molecule has 0 N–H and O–H groups in total. The Morgan fingerprint density at radius 1 is 1.05 bits per heavy atom. The Morgan fingerprint density at radius 2 is 1.89 bits per heavy atom. The molecule has 0 spiro atoms. The Hall–Kier alpha value is -1.000. The van der Waals surface area contributed by atoms with Gasteiger partial charge in [-0.2, -0.15) is 0 Å². The molecule has 0 amide bonds. The second-order valence-electron chi connectivity index (χ2n) is 4.04. The van der Waals surface area contributed by atoms with Crippen molar-refractivity contribution in [2.24, 2.45) is 0 Å². The van der Waals surface area contributed by atoms with Crippen LogP contribution >= 0.6 is 31.9 Å². The molecule has 0 atom stereocenters. The number of benzene rings is 2. The minimum Gasteiger partial charge on any atom is -0.496 e. The van der Waals surface area contributed by atoms with Crippen LogP contribution in [0.25, 0.3) is 0 Å². The second-order valence-corrected chi connectivity index (χ2v) is 5.45. The normalized spacial score (nSPS) is 10.3. The van der Waals surface area contributed by atoms with Gasteiger partial charge in [-0.3, -0.25) is 0 Å². The van der Waals surface area contributed by atoms with Crippen molar-refractivity contribution in [3.8, 4) is 11.5 Å². The highest BCUT2D eigenvalue weighted by atomic mass is 79.9. The lowest BCUT2D eigenvalue weighted by atomic mass is 10.2. The molecule has 2 nitrogen and oxygen atoms in total. The Kier molecular flexibility index (Phi) is 5.28. The molecule has 0 aliphatic heterocycles. The van der Waals surface area contributed by atoms with Gasteiger partial charge in [0.25, 0.3) is 0 Å². The summed E-state index contributed by atoms with van der Waals surface area (Å²) in [6.45, 7) is 0.536. The first-order valence-electron chi connectivity index (χ1n) is 5.83. The third-order valence-electron chi connectivity index (χ3n) is 2.67. The van der Waals surface area contributed by atoms with Crippen molar-refractivity contribution < 1.29 is 9.47 Å². The van der Waals surface area contributed by atoms with Gasteiger partial charge in [0.1, 0.15) is 18.1 Å². The van der Waals surface area contributed by atoms with E-state index in [1.54, 1.807) is 7.11 Å². The zero-order chi connectivity index (χ0) is 13.7. The molecule has 2 rings (SSSR count). The van der Waals surface area contributed by atoms with E-state index in [9.17, 15) is 0 Å². The summed E-state index contributed by atoms with van der Waals surface area (Å²) < 4.78 is 11.9. The maximum atomic E-state index is 5.78. The van der Waals surface area contributed by atoms with Crippen LogP contribution in [-0.2, 0) is 11.9 Å². The van der Waals surface area contributed by atoms with Gasteiger partial charge in [-0.25, -0.2) is 0 Å². The number of hydrogen-bond donors (Lipinski definition) is 0. The molecule has 0 unspecified atom stereocenters. The summed E-state index contributed by atoms with van der Waals surface area (Å²) in [5.41, 5.74) is 2.30. The first kappa shape index (κ1) is 14.4. The fraction of sp³-hybridized carbons (Fsp3) is 0.200. The van der Waals surface area contributed by atoms with Crippen molar-refractivity contribution in [3.05, 3.63) is 58.1 Å². The quantitative estimate of drug-likeness (QED) is 0.679. The van der Waals surface area contributed by atoms with Crippen molar-refractivity contribution in [2.75, 3.05) is 7.11 Å². The molecular formula is C15H14Br2O2. The average Bonchev–Trinajstić information content (AvgIpc) is 2.45. The van der Waals surface area contributed by atoms with E-state index in [1.165, 1.54) is 5.56 Å². The summed E-state index contributed by atoms with van der Waals surface area (Å²) in [6, 6.07) is 14.0. The van der Waals surface area contributed by atoms with Crippen molar-refractivity contribution in [1.82, 2.24) is 0 Å². The SMILES string of the molecule is COc1ccc(COc2cccc(CBr)c2)cc1Br. The molecule has 0 saturated carbocycles. The second kappa shape index (κ2) is 6.96. The van der Waals surface area contributed by atoms with E-state index >= 15 is 0 Å². The number of alkyl halides is 1. The first-order valence-corrected chi connectivity index (χ1v) is 7.74. The summed E-state index contributed by atoms with van der Waals surface area (Å²) in [7, 11) is 1.65. The first-order chi connectivity index (χ1) is 9.22. The van der Waals surface area contributed by atoms with Crippen molar-refractivity contribution in [1.29, 1.82) is 0 Å². The van der Waals surface area contributed by atoms with E-state index in [2.05, 4.69) is 37.9 Å². The van der Waals surface area contributed by atoms with E-state index in [1.807, 2.05) is 36.4 Å². The van der Waals surface area contributed by atoms with Gasteiger partial charge < -0.3 is 9.47 Å². The molecule has 2 aromatic carbocycles. The van der Waals surface area contributed by atoms with Gasteiger partial charge in [-0.05, 0) is 51.3 Å². The van der Waals surface area contributed by atoms with Gasteiger partial charge >= 0.3 is 0 Å². The lowest BCUT2D eigenvalue weighted by Gasteiger charge is -2.09. The maximum absolute atomic E-state index is 5.78. The van der Waals surface area contributed by atoms with E-state index in [0.29, 0.717) is 6.61 Å². The van der Waals surface area contributed by atoms with Crippen LogP contribution < -0.4 is 9.47 Å². The van der Waals surface area contributed by atoms with Gasteiger partial charge in [0.05, 0.1) is 11.6 Å². The van der Waals surface area contributed by atoms with Gasteiger partial charge in [-0.15, -0.1) is 0 Å². The van der Waals surface area contributed by atoms with Gasteiger partial charge in [0.2, 0.25) is 0 Å². The van der Waals surface area contributed by atoms with E-state index < -0.39 is 0 Å². The highest BCUT2D eigenvalue weighted by molar-refractivity contribution is 9.10. The smallest absolute Gasteiger partial charge is 0.133 e. The topological polar surface area (TPSA) is 18.5 Å². The molecule has 0 aromatic heterocycles. The number of hydrogen-bond acceptors (Lipinski definition) is 2. The predicted octanol–water partition coefficient (Wildman–Crippen LogP) is 4.93. The highest BCUT2D eigenvalue weighted by Gasteiger charge is 2.02. The number of halogens is 2. The third-order valence-corrected chi connectivity index (χ3v) is 3.94. The van der Waals surface area contributed by atoms with E-state index in [0.717, 1.165) is 26.9 Å². The Bertz CT molecular complexity index is 556. The molecule has 0 saturated heterocycles. The molecule has 19 heavy (non-hydrogen) atoms. The minimum absolute atomic E-state index is 0.536. The molecular weight excluding hydrogens is 372 g/mol. The van der Waals surface area contributed by atoms with Crippen LogP contribution in [-0.4, -0.2) is 7.11 Å². The molecule has 0 bridgehead atoms. The predicted molar refractivity (Wildman–Crippen MR) is 84.1 cm³/mol. The van der Waals surface area contributed by atoms with Crippen LogP contribution in [0.15, 0.2) is 46.9 Å². The van der Waals surface area contributed by atoms with Crippen LogP contribution in [0.5, 0.6) is 11.5 Å². The van der Waals surface area contributed by atoms with Crippen LogP contribution in [0.4, 0.5) is 0 Å². The monoisotopic (exact) mass is 384 g/mol. The Morgan fingerprint density at radius 3 is 2.58 bits per heavy atom. The maximum Gasteiger partial charge on any atom is 0.133 e. The van der Waals surface area contributed by atoms with E-state index in [-0.39, 0.29) is 0 Å². The molecule has 0 heterocycles. The minimum atomic E-state index is 0.536. The van der Waals surface area contributed by atoms with Gasteiger partial charge in [0.15, 0.2) is 0 Å². The molecule has 4 heteroatoms. The molecule has 0 aliphatic carbocycles. The lowest BCUT2D eigenvalue weighted by Crippen LogP contribution is -1.96. The standard InChI is InChI=1S/C15H14Br2O2/c1-18-15-6-5-12(8-14(15)17)10-19-13-4-2-3-11(7-13)9-16/h2-8H,9-10H2,1H3. The van der Waals surface area contributed by atoms with Gasteiger partial charge in [-0.1, -0.05) is 34.1 Å². The number of ether oxygens (including phenoxy) is 2.